The van der Waals surface area contributed by atoms with Crippen molar-refractivity contribution in [3.63, 3.8) is 0 Å². The van der Waals surface area contributed by atoms with Gasteiger partial charge in [-0.3, -0.25) is 0 Å². The van der Waals surface area contributed by atoms with Gasteiger partial charge in [-0.15, -0.1) is 11.6 Å². The van der Waals surface area contributed by atoms with E-state index in [9.17, 15) is 0 Å². The van der Waals surface area contributed by atoms with Crippen LogP contribution in [0.2, 0.25) is 0 Å². The highest BCUT2D eigenvalue weighted by Gasteiger charge is 2.16. The van der Waals surface area contributed by atoms with Gasteiger partial charge in [-0.05, 0) is 45.0 Å². The fourth-order valence-corrected chi connectivity index (χ4v) is 3.00. The first-order valence-electron chi connectivity index (χ1n) is 7.90. The highest BCUT2D eigenvalue weighted by atomic mass is 35.5. The summed E-state index contributed by atoms with van der Waals surface area (Å²) in [6.07, 6.45) is 1.19. The number of halogens is 1. The number of alkyl halides is 1. The van der Waals surface area contributed by atoms with E-state index in [0.29, 0.717) is 0 Å². The highest BCUT2D eigenvalue weighted by molar-refractivity contribution is 6.20. The summed E-state index contributed by atoms with van der Waals surface area (Å²) in [5.41, 5.74) is 3.49. The molecule has 3 nitrogen and oxygen atoms in total. The average molecular weight is 308 g/mol. The lowest BCUT2D eigenvalue weighted by Crippen LogP contribution is -2.28. The molecule has 1 aromatic carbocycles. The van der Waals surface area contributed by atoms with Crippen LogP contribution < -0.4 is 0 Å². The fraction of sp³-hybridized carbons (Fsp3) is 0.588. The molecule has 1 aromatic heterocycles. The Kier molecular flexibility index (Phi) is 5.65. The summed E-state index contributed by atoms with van der Waals surface area (Å²) in [6.45, 7) is 12.8. The van der Waals surface area contributed by atoms with E-state index in [1.165, 1.54) is 17.5 Å². The molecule has 0 bridgehead atoms. The molecule has 0 radical (unpaired) electrons. The van der Waals surface area contributed by atoms with Crippen molar-refractivity contribution in [3.8, 4) is 0 Å². The first kappa shape index (κ1) is 16.3. The van der Waals surface area contributed by atoms with Crippen molar-refractivity contribution in [3.05, 3.63) is 29.6 Å². The lowest BCUT2D eigenvalue weighted by atomic mass is 10.2. The molecule has 2 rings (SSSR count). The van der Waals surface area contributed by atoms with E-state index < -0.39 is 0 Å². The van der Waals surface area contributed by atoms with Crippen molar-refractivity contribution in [2.24, 2.45) is 0 Å². The SMILES string of the molecule is CCCN(CC)CCn1c(C(C)Cl)nc2c(C)cccc21. The molecule has 1 unspecified atom stereocenters. The Bertz CT molecular complexity index is 589. The second kappa shape index (κ2) is 7.28. The zero-order chi connectivity index (χ0) is 15.4. The minimum Gasteiger partial charge on any atom is -0.325 e. The zero-order valence-electron chi connectivity index (χ0n) is 13.6. The minimum absolute atomic E-state index is 0.0712. The van der Waals surface area contributed by atoms with Crippen LogP contribution >= 0.6 is 11.6 Å². The topological polar surface area (TPSA) is 21.1 Å². The maximum absolute atomic E-state index is 6.35. The molecule has 0 spiro atoms. The second-order valence-electron chi connectivity index (χ2n) is 5.61. The number of aryl methyl sites for hydroxylation is 1. The maximum atomic E-state index is 6.35. The number of imidazole rings is 1. The molecule has 0 fully saturated rings. The van der Waals surface area contributed by atoms with Crippen LogP contribution in [0, 0.1) is 6.92 Å². The number of fused-ring (bicyclic) bond motifs is 1. The van der Waals surface area contributed by atoms with Crippen molar-refractivity contribution < 1.29 is 0 Å². The molecule has 1 heterocycles. The normalized spacial score (nSPS) is 13.2. The molecule has 0 aliphatic carbocycles. The van der Waals surface area contributed by atoms with Crippen molar-refractivity contribution in [1.82, 2.24) is 14.5 Å². The van der Waals surface area contributed by atoms with Crippen LogP contribution in [0.3, 0.4) is 0 Å². The van der Waals surface area contributed by atoms with Gasteiger partial charge in [-0.1, -0.05) is 26.0 Å². The molecule has 0 amide bonds. The van der Waals surface area contributed by atoms with Gasteiger partial charge >= 0.3 is 0 Å². The third-order valence-corrected chi connectivity index (χ3v) is 4.19. The summed E-state index contributed by atoms with van der Waals surface area (Å²) >= 11 is 6.35. The average Bonchev–Trinajstić information content (AvgIpc) is 2.84. The van der Waals surface area contributed by atoms with E-state index in [1.807, 2.05) is 6.92 Å². The van der Waals surface area contributed by atoms with E-state index >= 15 is 0 Å². The minimum atomic E-state index is -0.0712. The predicted octanol–water partition coefficient (Wildman–Crippen LogP) is 4.38. The van der Waals surface area contributed by atoms with Gasteiger partial charge in [0.2, 0.25) is 0 Å². The molecule has 4 heteroatoms. The molecule has 21 heavy (non-hydrogen) atoms. The van der Waals surface area contributed by atoms with Gasteiger partial charge in [-0.25, -0.2) is 4.98 Å². The lowest BCUT2D eigenvalue weighted by Gasteiger charge is -2.21. The summed E-state index contributed by atoms with van der Waals surface area (Å²) in [7, 11) is 0. The number of aromatic nitrogens is 2. The van der Waals surface area contributed by atoms with Crippen LogP contribution in [-0.4, -0.2) is 34.1 Å². The molecule has 2 aromatic rings. The Morgan fingerprint density at radius 3 is 2.67 bits per heavy atom. The van der Waals surface area contributed by atoms with Crippen LogP contribution in [0.1, 0.15) is 44.0 Å². The lowest BCUT2D eigenvalue weighted by molar-refractivity contribution is 0.276. The van der Waals surface area contributed by atoms with Crippen LogP contribution in [-0.2, 0) is 6.54 Å². The largest absolute Gasteiger partial charge is 0.325 e. The Morgan fingerprint density at radius 2 is 2.05 bits per heavy atom. The standard InChI is InChI=1S/C17H26ClN3/c1-5-10-20(6-2)11-12-21-15-9-7-8-13(3)16(15)19-17(21)14(4)18/h7-9,14H,5-6,10-12H2,1-4H3. The molecule has 1 atom stereocenters. The first-order valence-corrected chi connectivity index (χ1v) is 8.34. The van der Waals surface area contributed by atoms with Gasteiger partial charge in [0, 0.05) is 13.1 Å². The highest BCUT2D eigenvalue weighted by Crippen LogP contribution is 2.26. The molecule has 0 N–H and O–H groups in total. The number of para-hydroxylation sites is 1. The third-order valence-electron chi connectivity index (χ3n) is 3.99. The van der Waals surface area contributed by atoms with Gasteiger partial charge in [0.15, 0.2) is 0 Å². The predicted molar refractivity (Wildman–Crippen MR) is 91.1 cm³/mol. The summed E-state index contributed by atoms with van der Waals surface area (Å²) < 4.78 is 2.29. The number of likely N-dealkylation sites (N-methyl/N-ethyl adjacent to an activating group) is 1. The smallest absolute Gasteiger partial charge is 0.127 e. The van der Waals surface area contributed by atoms with E-state index in [2.05, 4.69) is 48.4 Å². The molecule has 0 saturated heterocycles. The van der Waals surface area contributed by atoms with Gasteiger partial charge < -0.3 is 9.47 Å². The van der Waals surface area contributed by atoms with Crippen molar-refractivity contribution in [2.45, 2.75) is 46.0 Å². The number of benzene rings is 1. The van der Waals surface area contributed by atoms with Gasteiger partial charge in [-0.2, -0.15) is 0 Å². The third kappa shape index (κ3) is 3.58. The number of rotatable bonds is 7. The molecule has 116 valence electrons. The first-order chi connectivity index (χ1) is 10.1. The van der Waals surface area contributed by atoms with Gasteiger partial charge in [0.25, 0.3) is 0 Å². The molecule has 0 aliphatic heterocycles. The Hall–Kier alpha value is -1.06. The summed E-state index contributed by atoms with van der Waals surface area (Å²) in [4.78, 5) is 7.25. The van der Waals surface area contributed by atoms with E-state index in [-0.39, 0.29) is 5.38 Å². The molecular weight excluding hydrogens is 282 g/mol. The zero-order valence-corrected chi connectivity index (χ0v) is 14.3. The quantitative estimate of drug-likeness (QED) is 0.708. The summed E-state index contributed by atoms with van der Waals surface area (Å²) in [5, 5.41) is -0.0712. The molecule has 0 saturated carbocycles. The van der Waals surface area contributed by atoms with Crippen LogP contribution in [0.4, 0.5) is 0 Å². The number of hydrogen-bond donors (Lipinski definition) is 0. The van der Waals surface area contributed by atoms with Crippen molar-refractivity contribution in [1.29, 1.82) is 0 Å². The van der Waals surface area contributed by atoms with Crippen LogP contribution in [0.15, 0.2) is 18.2 Å². The van der Waals surface area contributed by atoms with Crippen LogP contribution in [0.5, 0.6) is 0 Å². The van der Waals surface area contributed by atoms with Crippen molar-refractivity contribution >= 4 is 22.6 Å². The van der Waals surface area contributed by atoms with Gasteiger partial charge in [0.05, 0.1) is 16.4 Å². The Morgan fingerprint density at radius 1 is 1.29 bits per heavy atom. The molecular formula is C17H26ClN3. The van der Waals surface area contributed by atoms with Crippen molar-refractivity contribution in [2.75, 3.05) is 19.6 Å². The fourth-order valence-electron chi connectivity index (χ4n) is 2.83. The monoisotopic (exact) mass is 307 g/mol. The second-order valence-corrected chi connectivity index (χ2v) is 6.27. The Balaban J connectivity index is 2.32. The molecule has 0 aliphatic rings. The maximum Gasteiger partial charge on any atom is 0.127 e. The number of hydrogen-bond acceptors (Lipinski definition) is 2. The van der Waals surface area contributed by atoms with E-state index in [4.69, 9.17) is 16.6 Å². The summed E-state index contributed by atoms with van der Waals surface area (Å²) in [6, 6.07) is 6.36. The van der Waals surface area contributed by atoms with E-state index in [1.54, 1.807) is 0 Å². The Labute approximate surface area is 132 Å². The number of nitrogens with zero attached hydrogens (tertiary/aromatic N) is 3. The van der Waals surface area contributed by atoms with Gasteiger partial charge in [0.1, 0.15) is 5.82 Å². The van der Waals surface area contributed by atoms with E-state index in [0.717, 1.165) is 37.5 Å². The summed E-state index contributed by atoms with van der Waals surface area (Å²) in [5.74, 6) is 0.980. The van der Waals surface area contributed by atoms with Crippen LogP contribution in [0.25, 0.3) is 11.0 Å².